The van der Waals surface area contributed by atoms with E-state index in [4.69, 9.17) is 5.26 Å². The van der Waals surface area contributed by atoms with Crippen LogP contribution in [-0.4, -0.2) is 6.29 Å². The van der Waals surface area contributed by atoms with E-state index in [0.717, 1.165) is 12.1 Å². The normalized spacial score (nSPS) is 12.9. The quantitative estimate of drug-likeness (QED) is 0.708. The number of benzene rings is 1. The maximum absolute atomic E-state index is 12.5. The molecular weight excluding hydrogens is 207 g/mol. The van der Waals surface area contributed by atoms with Crippen LogP contribution in [0.2, 0.25) is 0 Å². The lowest BCUT2D eigenvalue weighted by Crippen LogP contribution is -2.11. The summed E-state index contributed by atoms with van der Waals surface area (Å²) in [5, 5.41) is 8.52. The number of carbonyl (C=O) groups excluding carboxylic acids is 1. The molecule has 0 spiro atoms. The van der Waals surface area contributed by atoms with Gasteiger partial charge in [0.25, 0.3) is 0 Å². The van der Waals surface area contributed by atoms with Crippen molar-refractivity contribution >= 4 is 6.29 Å². The van der Waals surface area contributed by atoms with Crippen LogP contribution in [0.25, 0.3) is 0 Å². The summed E-state index contributed by atoms with van der Waals surface area (Å²) in [5.41, 5.74) is -1.24. The number of nitrogens with zero attached hydrogens (tertiary/aromatic N) is 1. The summed E-state index contributed by atoms with van der Waals surface area (Å²) in [4.78, 5) is 10.4. The Morgan fingerprint density at radius 1 is 1.33 bits per heavy atom. The minimum atomic E-state index is -4.55. The molecule has 15 heavy (non-hydrogen) atoms. The van der Waals surface area contributed by atoms with Crippen LogP contribution in [0.5, 0.6) is 0 Å². The van der Waals surface area contributed by atoms with Crippen LogP contribution in [0.1, 0.15) is 17.0 Å². The average Bonchev–Trinajstić information content (AvgIpc) is 2.19. The molecule has 1 atom stereocenters. The van der Waals surface area contributed by atoms with Gasteiger partial charge in [-0.2, -0.15) is 18.4 Å². The van der Waals surface area contributed by atoms with Gasteiger partial charge < -0.3 is 4.79 Å². The van der Waals surface area contributed by atoms with E-state index in [0.29, 0.717) is 0 Å². The number of rotatable bonds is 2. The van der Waals surface area contributed by atoms with Crippen molar-refractivity contribution in [2.45, 2.75) is 12.1 Å². The molecule has 0 saturated heterocycles. The van der Waals surface area contributed by atoms with E-state index in [2.05, 4.69) is 0 Å². The minimum Gasteiger partial charge on any atom is -0.302 e. The molecule has 0 bridgehead atoms. The molecule has 1 aromatic rings. The SMILES string of the molecule is N#CC(C=O)c1ccccc1C(F)(F)F. The monoisotopic (exact) mass is 213 g/mol. The van der Waals surface area contributed by atoms with Gasteiger partial charge in [-0.25, -0.2) is 0 Å². The first-order valence-corrected chi connectivity index (χ1v) is 4.01. The maximum atomic E-state index is 12.5. The highest BCUT2D eigenvalue weighted by Crippen LogP contribution is 2.34. The van der Waals surface area contributed by atoms with Crippen LogP contribution in [-0.2, 0) is 11.0 Å². The van der Waals surface area contributed by atoms with Crippen molar-refractivity contribution in [1.29, 1.82) is 5.26 Å². The van der Waals surface area contributed by atoms with E-state index in [1.807, 2.05) is 0 Å². The van der Waals surface area contributed by atoms with Gasteiger partial charge in [0.15, 0.2) is 0 Å². The molecule has 1 aromatic carbocycles. The zero-order valence-corrected chi connectivity index (χ0v) is 7.45. The fraction of sp³-hybridized carbons (Fsp3) is 0.200. The minimum absolute atomic E-state index is 0.199. The van der Waals surface area contributed by atoms with E-state index in [-0.39, 0.29) is 11.8 Å². The van der Waals surface area contributed by atoms with Gasteiger partial charge in [-0.1, -0.05) is 18.2 Å². The lowest BCUT2D eigenvalue weighted by atomic mass is 9.96. The van der Waals surface area contributed by atoms with E-state index >= 15 is 0 Å². The maximum Gasteiger partial charge on any atom is 0.416 e. The molecule has 0 fully saturated rings. The molecule has 0 amide bonds. The van der Waals surface area contributed by atoms with Crippen LogP contribution in [0.15, 0.2) is 24.3 Å². The fourth-order valence-corrected chi connectivity index (χ4v) is 1.20. The van der Waals surface area contributed by atoms with Crippen molar-refractivity contribution < 1.29 is 18.0 Å². The van der Waals surface area contributed by atoms with Gasteiger partial charge in [0, 0.05) is 0 Å². The standard InChI is InChI=1S/C10H6F3NO/c11-10(12,13)9-4-2-1-3-8(9)7(5-14)6-15/h1-4,6-7H. The Morgan fingerprint density at radius 3 is 2.40 bits per heavy atom. The van der Waals surface area contributed by atoms with Gasteiger partial charge >= 0.3 is 6.18 Å². The Kier molecular flexibility index (Phi) is 3.10. The topological polar surface area (TPSA) is 40.9 Å². The van der Waals surface area contributed by atoms with Crippen molar-refractivity contribution in [3.63, 3.8) is 0 Å². The van der Waals surface area contributed by atoms with E-state index in [9.17, 15) is 18.0 Å². The summed E-state index contributed by atoms with van der Waals surface area (Å²) in [7, 11) is 0. The number of halogens is 3. The second-order valence-electron chi connectivity index (χ2n) is 2.83. The molecular formula is C10H6F3NO. The molecule has 5 heteroatoms. The predicted molar refractivity (Wildman–Crippen MR) is 45.9 cm³/mol. The predicted octanol–water partition coefficient (Wildman–Crippen LogP) is 2.51. The highest BCUT2D eigenvalue weighted by molar-refractivity contribution is 5.67. The Hall–Kier alpha value is -1.83. The van der Waals surface area contributed by atoms with Crippen molar-refractivity contribution in [2.75, 3.05) is 0 Å². The van der Waals surface area contributed by atoms with Gasteiger partial charge in [0.2, 0.25) is 0 Å². The fourth-order valence-electron chi connectivity index (χ4n) is 1.20. The molecule has 0 saturated carbocycles. The summed E-state index contributed by atoms with van der Waals surface area (Å²) < 4.78 is 37.4. The first kappa shape index (κ1) is 11.2. The molecule has 0 heterocycles. The zero-order valence-electron chi connectivity index (χ0n) is 7.45. The highest BCUT2D eigenvalue weighted by atomic mass is 19.4. The number of hydrogen-bond acceptors (Lipinski definition) is 2. The number of aldehydes is 1. The molecule has 1 unspecified atom stereocenters. The molecule has 1 rings (SSSR count). The van der Waals surface area contributed by atoms with Gasteiger partial charge in [-0.15, -0.1) is 0 Å². The lowest BCUT2D eigenvalue weighted by molar-refractivity contribution is -0.138. The molecule has 78 valence electrons. The van der Waals surface area contributed by atoms with Gasteiger partial charge in [0.05, 0.1) is 11.6 Å². The molecule has 0 radical (unpaired) electrons. The summed E-state index contributed by atoms with van der Waals surface area (Å²) in [6.45, 7) is 0. The first-order valence-electron chi connectivity index (χ1n) is 4.01. The summed E-state index contributed by atoms with van der Waals surface area (Å²) >= 11 is 0. The number of hydrogen-bond donors (Lipinski definition) is 0. The number of nitriles is 1. The Morgan fingerprint density at radius 2 is 1.93 bits per heavy atom. The summed E-state index contributed by atoms with van der Waals surface area (Å²) in [6, 6.07) is 6.07. The average molecular weight is 213 g/mol. The molecule has 0 N–H and O–H groups in total. The Labute approximate surface area is 83.9 Å². The number of alkyl halides is 3. The zero-order chi connectivity index (χ0) is 11.5. The third kappa shape index (κ3) is 2.34. The van der Waals surface area contributed by atoms with Crippen molar-refractivity contribution in [2.24, 2.45) is 0 Å². The molecule has 0 aliphatic rings. The van der Waals surface area contributed by atoms with Gasteiger partial charge in [0.1, 0.15) is 12.2 Å². The molecule has 2 nitrogen and oxygen atoms in total. The highest BCUT2D eigenvalue weighted by Gasteiger charge is 2.34. The summed E-state index contributed by atoms with van der Waals surface area (Å²) in [5.74, 6) is -1.37. The lowest BCUT2D eigenvalue weighted by Gasteiger charge is -2.12. The smallest absolute Gasteiger partial charge is 0.302 e. The van der Waals surface area contributed by atoms with Crippen molar-refractivity contribution in [3.8, 4) is 6.07 Å². The largest absolute Gasteiger partial charge is 0.416 e. The first-order chi connectivity index (χ1) is 7.00. The van der Waals surface area contributed by atoms with Crippen molar-refractivity contribution in [3.05, 3.63) is 35.4 Å². The van der Waals surface area contributed by atoms with Gasteiger partial charge in [-0.05, 0) is 11.6 Å². The van der Waals surface area contributed by atoms with Crippen molar-refractivity contribution in [1.82, 2.24) is 0 Å². The Balaban J connectivity index is 3.30. The second-order valence-corrected chi connectivity index (χ2v) is 2.83. The van der Waals surface area contributed by atoms with E-state index < -0.39 is 17.7 Å². The van der Waals surface area contributed by atoms with Crippen LogP contribution in [0.4, 0.5) is 13.2 Å². The van der Waals surface area contributed by atoms with E-state index in [1.54, 1.807) is 0 Å². The number of carbonyl (C=O) groups is 1. The van der Waals surface area contributed by atoms with Crippen LogP contribution < -0.4 is 0 Å². The third-order valence-electron chi connectivity index (χ3n) is 1.88. The van der Waals surface area contributed by atoms with Crippen LogP contribution in [0.3, 0.4) is 0 Å². The molecule has 0 aromatic heterocycles. The summed E-state index contributed by atoms with van der Waals surface area (Å²) in [6.07, 6.45) is -4.35. The van der Waals surface area contributed by atoms with Crippen LogP contribution >= 0.6 is 0 Å². The molecule has 0 aliphatic carbocycles. The van der Waals surface area contributed by atoms with E-state index in [1.165, 1.54) is 18.2 Å². The third-order valence-corrected chi connectivity index (χ3v) is 1.88. The molecule has 0 aliphatic heterocycles. The van der Waals surface area contributed by atoms with Crippen LogP contribution in [0, 0.1) is 11.3 Å². The van der Waals surface area contributed by atoms with Gasteiger partial charge in [-0.3, -0.25) is 0 Å². The second kappa shape index (κ2) is 4.13. The Bertz CT molecular complexity index is 406.